The van der Waals surface area contributed by atoms with Crippen molar-refractivity contribution in [2.24, 2.45) is 0 Å². The number of hydrogen-bond acceptors (Lipinski definition) is 1. The quantitative estimate of drug-likeness (QED) is 0.576. The first-order valence-corrected chi connectivity index (χ1v) is 10.1. The van der Waals surface area contributed by atoms with Gasteiger partial charge in [0.1, 0.15) is 17.0 Å². The molecule has 26 heavy (non-hydrogen) atoms. The minimum atomic E-state index is -1.35. The molecule has 2 atom stereocenters. The van der Waals surface area contributed by atoms with Gasteiger partial charge in [-0.25, -0.2) is 8.93 Å². The second-order valence-electron chi connectivity index (χ2n) is 5.82. The van der Waals surface area contributed by atoms with Gasteiger partial charge >= 0.3 is 0 Å². The van der Waals surface area contributed by atoms with Crippen LogP contribution in [0.15, 0.2) is 88.2 Å². The van der Waals surface area contributed by atoms with Gasteiger partial charge in [0.15, 0.2) is 0 Å². The van der Waals surface area contributed by atoms with Crippen molar-refractivity contribution in [1.82, 2.24) is 4.72 Å². The smallest absolute Gasteiger partial charge is 0.126 e. The lowest BCUT2D eigenvalue weighted by Gasteiger charge is -2.13. The summed E-state index contributed by atoms with van der Waals surface area (Å²) in [5.41, 5.74) is 3.04. The predicted octanol–water partition coefficient (Wildman–Crippen LogP) is 5.16. The Hall–Kier alpha value is -2.19. The topological polar surface area (TPSA) is 29.1 Å². The van der Waals surface area contributed by atoms with Crippen LogP contribution in [0.5, 0.6) is 0 Å². The molecule has 0 saturated heterocycles. The highest BCUT2D eigenvalue weighted by atomic mass is 79.9. The zero-order valence-corrected chi connectivity index (χ0v) is 16.7. The molecule has 0 spiro atoms. The first-order valence-electron chi connectivity index (χ1n) is 8.18. The Kier molecular flexibility index (Phi) is 6.40. The van der Waals surface area contributed by atoms with Crippen LogP contribution < -0.4 is 4.72 Å². The Morgan fingerprint density at radius 1 is 0.923 bits per heavy atom. The van der Waals surface area contributed by atoms with Gasteiger partial charge in [-0.2, -0.15) is 0 Å². The van der Waals surface area contributed by atoms with Crippen LogP contribution in [-0.2, 0) is 11.0 Å². The first kappa shape index (κ1) is 18.6. The van der Waals surface area contributed by atoms with E-state index in [4.69, 9.17) is 0 Å². The van der Waals surface area contributed by atoms with E-state index >= 15 is 0 Å². The Balaban J connectivity index is 1.87. The Bertz CT molecular complexity index is 941. The highest BCUT2D eigenvalue weighted by Gasteiger charge is 2.13. The summed E-state index contributed by atoms with van der Waals surface area (Å²) in [5, 5.41) is 0. The van der Waals surface area contributed by atoms with Crippen LogP contribution in [0.25, 0.3) is 0 Å². The summed E-state index contributed by atoms with van der Waals surface area (Å²) in [7, 11) is -1.35. The van der Waals surface area contributed by atoms with E-state index in [-0.39, 0.29) is 6.04 Å². The van der Waals surface area contributed by atoms with Gasteiger partial charge < -0.3 is 0 Å². The van der Waals surface area contributed by atoms with Crippen molar-refractivity contribution in [2.45, 2.75) is 17.9 Å². The predicted molar refractivity (Wildman–Crippen MR) is 111 cm³/mol. The number of halogens is 1. The highest BCUT2D eigenvalue weighted by molar-refractivity contribution is 9.10. The third kappa shape index (κ3) is 5.15. The van der Waals surface area contributed by atoms with Crippen molar-refractivity contribution in [3.05, 3.63) is 100 Å². The molecule has 2 nitrogen and oxygen atoms in total. The zero-order valence-electron chi connectivity index (χ0n) is 14.3. The van der Waals surface area contributed by atoms with Crippen LogP contribution in [0.2, 0.25) is 0 Å². The molecule has 0 fully saturated rings. The molecule has 0 aliphatic carbocycles. The van der Waals surface area contributed by atoms with Crippen molar-refractivity contribution in [3.8, 4) is 11.8 Å². The van der Waals surface area contributed by atoms with E-state index in [0.29, 0.717) is 0 Å². The lowest BCUT2D eigenvalue weighted by Crippen LogP contribution is -2.22. The molecule has 0 bridgehead atoms. The number of aryl methyl sites for hydroxylation is 1. The molecule has 0 heterocycles. The Morgan fingerprint density at radius 2 is 1.58 bits per heavy atom. The van der Waals surface area contributed by atoms with Crippen LogP contribution in [0.1, 0.15) is 22.7 Å². The van der Waals surface area contributed by atoms with E-state index in [0.717, 1.165) is 26.1 Å². The second kappa shape index (κ2) is 8.95. The number of rotatable bonds is 4. The van der Waals surface area contributed by atoms with Crippen molar-refractivity contribution >= 4 is 26.9 Å². The van der Waals surface area contributed by atoms with E-state index in [1.165, 1.54) is 0 Å². The average molecular weight is 424 g/mol. The standard InChI is InChI=1S/C22H18BrNOS/c1-17-7-14-21(15-8-17)26(25)24-22(19-10-12-20(23)13-11-19)16-9-18-5-3-2-4-6-18/h2-8,10-15,22,24H,1H3/t22-,26?/m0/s1. The lowest BCUT2D eigenvalue weighted by molar-refractivity contribution is 0.666. The molecule has 3 aromatic rings. The summed E-state index contributed by atoms with van der Waals surface area (Å²) in [5.74, 6) is 6.38. The molecular formula is C22H18BrNOS. The molecule has 0 amide bonds. The molecular weight excluding hydrogens is 406 g/mol. The highest BCUT2D eigenvalue weighted by Crippen LogP contribution is 2.18. The van der Waals surface area contributed by atoms with Crippen molar-refractivity contribution in [3.63, 3.8) is 0 Å². The van der Waals surface area contributed by atoms with Crippen LogP contribution in [0.4, 0.5) is 0 Å². The second-order valence-corrected chi connectivity index (χ2v) is 7.98. The summed E-state index contributed by atoms with van der Waals surface area (Å²) >= 11 is 3.45. The van der Waals surface area contributed by atoms with E-state index in [1.807, 2.05) is 85.8 Å². The fraction of sp³-hybridized carbons (Fsp3) is 0.0909. The maximum absolute atomic E-state index is 12.7. The largest absolute Gasteiger partial charge is 0.237 e. The van der Waals surface area contributed by atoms with Gasteiger partial charge in [0.05, 0.1) is 4.90 Å². The fourth-order valence-corrected chi connectivity index (χ4v) is 3.54. The molecule has 3 rings (SSSR count). The van der Waals surface area contributed by atoms with Gasteiger partial charge in [-0.05, 0) is 48.9 Å². The van der Waals surface area contributed by atoms with Crippen molar-refractivity contribution < 1.29 is 4.21 Å². The van der Waals surface area contributed by atoms with Crippen molar-refractivity contribution in [1.29, 1.82) is 0 Å². The lowest BCUT2D eigenvalue weighted by atomic mass is 10.1. The summed E-state index contributed by atoms with van der Waals surface area (Å²) in [6, 6.07) is 25.0. The number of benzene rings is 3. The van der Waals surface area contributed by atoms with Crippen LogP contribution in [-0.4, -0.2) is 4.21 Å². The monoisotopic (exact) mass is 423 g/mol. The van der Waals surface area contributed by atoms with Crippen LogP contribution in [0.3, 0.4) is 0 Å². The summed E-state index contributed by atoms with van der Waals surface area (Å²) < 4.78 is 16.9. The Morgan fingerprint density at radius 3 is 2.23 bits per heavy atom. The normalized spacial score (nSPS) is 12.7. The average Bonchev–Trinajstić information content (AvgIpc) is 2.67. The molecule has 0 aliphatic rings. The first-order chi connectivity index (χ1) is 12.6. The molecule has 1 N–H and O–H groups in total. The van der Waals surface area contributed by atoms with E-state index in [2.05, 4.69) is 32.5 Å². The van der Waals surface area contributed by atoms with E-state index < -0.39 is 11.0 Å². The zero-order chi connectivity index (χ0) is 18.4. The Labute approximate surface area is 165 Å². The van der Waals surface area contributed by atoms with Gasteiger partial charge in [-0.1, -0.05) is 75.8 Å². The van der Waals surface area contributed by atoms with Gasteiger partial charge in [0, 0.05) is 10.0 Å². The minimum Gasteiger partial charge on any atom is -0.237 e. The number of nitrogens with one attached hydrogen (secondary N) is 1. The minimum absolute atomic E-state index is 0.342. The fourth-order valence-electron chi connectivity index (χ4n) is 2.35. The molecule has 4 heteroatoms. The van der Waals surface area contributed by atoms with Crippen molar-refractivity contribution in [2.75, 3.05) is 0 Å². The van der Waals surface area contributed by atoms with Gasteiger partial charge in [-0.3, -0.25) is 0 Å². The molecule has 130 valence electrons. The molecule has 3 aromatic carbocycles. The summed E-state index contributed by atoms with van der Waals surface area (Å²) in [6.45, 7) is 2.01. The van der Waals surface area contributed by atoms with Crippen LogP contribution in [0, 0.1) is 18.8 Å². The van der Waals surface area contributed by atoms with Crippen LogP contribution >= 0.6 is 15.9 Å². The van der Waals surface area contributed by atoms with Gasteiger partial charge in [0.2, 0.25) is 0 Å². The maximum atomic E-state index is 12.7. The molecule has 0 aliphatic heterocycles. The SMILES string of the molecule is Cc1ccc(S(=O)N[C@@H](C#Cc2ccccc2)c2ccc(Br)cc2)cc1. The summed E-state index contributed by atoms with van der Waals surface area (Å²) in [6.07, 6.45) is 0. The number of hydrogen-bond donors (Lipinski definition) is 1. The molecule has 1 unspecified atom stereocenters. The molecule has 0 aromatic heterocycles. The van der Waals surface area contributed by atoms with Gasteiger partial charge in [0.25, 0.3) is 0 Å². The van der Waals surface area contributed by atoms with E-state index in [1.54, 1.807) is 0 Å². The van der Waals surface area contributed by atoms with E-state index in [9.17, 15) is 4.21 Å². The summed E-state index contributed by atoms with van der Waals surface area (Å²) in [4.78, 5) is 0.735. The molecule has 0 saturated carbocycles. The third-order valence-electron chi connectivity index (χ3n) is 3.80. The third-order valence-corrected chi connectivity index (χ3v) is 5.48. The van der Waals surface area contributed by atoms with Gasteiger partial charge in [-0.15, -0.1) is 0 Å². The maximum Gasteiger partial charge on any atom is 0.126 e. The molecule has 0 radical (unpaired) electrons.